The molecule has 2 aromatic heterocycles. The standard InChI is InChI=1S/C27H27F6N7O2/c1-13-17(24(41)37-20-9-39(8-19(20)29)25(42)16-5-26(30,31)6-16)2-14(3-18(13)28)21-4-15(7-38-10-27(32,33)11-38)22-23(34)35-12-36-40(21)22/h2-4,12,16,19-20H,5-11H2,1H3,(H,37,41)(H2,34,35,36)/t19-,20+/m0/s1. The predicted octanol–water partition coefficient (Wildman–Crippen LogP) is 3.20. The molecule has 2 amide bonds. The van der Waals surface area contributed by atoms with Crippen LogP contribution in [0.4, 0.5) is 32.2 Å². The minimum Gasteiger partial charge on any atom is -0.382 e. The lowest BCUT2D eigenvalue weighted by Gasteiger charge is -2.38. The number of halogens is 6. The summed E-state index contributed by atoms with van der Waals surface area (Å²) in [7, 11) is 0. The number of aromatic nitrogens is 3. The summed E-state index contributed by atoms with van der Waals surface area (Å²) in [4.78, 5) is 32.4. The molecule has 3 aromatic rings. The number of amides is 2. The highest BCUT2D eigenvalue weighted by molar-refractivity contribution is 5.97. The quantitative estimate of drug-likeness (QED) is 0.424. The van der Waals surface area contributed by atoms with Gasteiger partial charge in [-0.1, -0.05) is 0 Å². The SMILES string of the molecule is Cc1c(F)cc(-c2cc(CN3CC(F)(F)C3)c3c(N)ncnn23)cc1C(=O)N[C@@H]1CN(C(=O)C2CC(F)(F)C2)C[C@@H]1F. The normalized spacial score (nSPS) is 23.5. The molecule has 1 aromatic carbocycles. The number of likely N-dealkylation sites (tertiary alicyclic amines) is 2. The van der Waals surface area contributed by atoms with Crippen LogP contribution in [0.1, 0.15) is 34.3 Å². The number of fused-ring (bicyclic) bond motifs is 1. The van der Waals surface area contributed by atoms with E-state index in [0.717, 1.165) is 4.90 Å². The highest BCUT2D eigenvalue weighted by Gasteiger charge is 2.51. The van der Waals surface area contributed by atoms with Crippen molar-refractivity contribution in [3.8, 4) is 11.3 Å². The molecule has 224 valence electrons. The zero-order chi connectivity index (χ0) is 30.1. The summed E-state index contributed by atoms with van der Waals surface area (Å²) in [6, 6.07) is 3.09. The number of nitrogens with one attached hydrogen (secondary N) is 1. The number of nitrogens with two attached hydrogens (primary N) is 1. The van der Waals surface area contributed by atoms with Crippen LogP contribution in [0, 0.1) is 18.7 Å². The molecule has 9 nitrogen and oxygen atoms in total. The highest BCUT2D eigenvalue weighted by atomic mass is 19.3. The van der Waals surface area contributed by atoms with Crippen molar-refractivity contribution in [2.24, 2.45) is 5.92 Å². The number of anilines is 1. The van der Waals surface area contributed by atoms with E-state index in [1.807, 2.05) is 0 Å². The fourth-order valence-electron chi connectivity index (χ4n) is 5.91. The number of hydrogen-bond acceptors (Lipinski definition) is 6. The Kier molecular flexibility index (Phi) is 6.62. The van der Waals surface area contributed by atoms with Gasteiger partial charge in [-0.25, -0.2) is 35.8 Å². The van der Waals surface area contributed by atoms with Gasteiger partial charge in [0, 0.05) is 43.0 Å². The third kappa shape index (κ3) is 5.03. The maximum atomic E-state index is 15.2. The van der Waals surface area contributed by atoms with Gasteiger partial charge in [-0.05, 0) is 36.2 Å². The van der Waals surface area contributed by atoms with Gasteiger partial charge < -0.3 is 16.0 Å². The molecule has 3 aliphatic rings. The van der Waals surface area contributed by atoms with E-state index < -0.39 is 73.5 Å². The maximum absolute atomic E-state index is 15.2. The molecule has 3 fully saturated rings. The monoisotopic (exact) mass is 595 g/mol. The van der Waals surface area contributed by atoms with Crippen LogP contribution in [-0.2, 0) is 11.3 Å². The summed E-state index contributed by atoms with van der Waals surface area (Å²) >= 11 is 0. The molecular weight excluding hydrogens is 568 g/mol. The molecule has 1 saturated carbocycles. The number of benzene rings is 1. The summed E-state index contributed by atoms with van der Waals surface area (Å²) in [5.41, 5.74) is 7.41. The number of rotatable bonds is 6. The number of alkyl halides is 5. The van der Waals surface area contributed by atoms with Gasteiger partial charge in [0.15, 0.2) is 5.82 Å². The average molecular weight is 596 g/mol. The number of carbonyl (C=O) groups excluding carboxylic acids is 2. The van der Waals surface area contributed by atoms with Crippen LogP contribution in [0.25, 0.3) is 16.8 Å². The van der Waals surface area contributed by atoms with Crippen LogP contribution < -0.4 is 11.1 Å². The van der Waals surface area contributed by atoms with Crippen molar-refractivity contribution in [3.63, 3.8) is 0 Å². The van der Waals surface area contributed by atoms with E-state index in [4.69, 9.17) is 5.73 Å². The zero-order valence-electron chi connectivity index (χ0n) is 22.4. The second-order valence-electron chi connectivity index (χ2n) is 11.4. The largest absolute Gasteiger partial charge is 0.382 e. The molecular formula is C27H27F6N7O2. The van der Waals surface area contributed by atoms with Crippen molar-refractivity contribution in [2.45, 2.75) is 50.4 Å². The molecule has 15 heteroatoms. The molecule has 2 saturated heterocycles. The van der Waals surface area contributed by atoms with Gasteiger partial charge in [-0.15, -0.1) is 0 Å². The van der Waals surface area contributed by atoms with Crippen molar-refractivity contribution >= 4 is 23.1 Å². The number of nitrogen functional groups attached to an aromatic ring is 1. The summed E-state index contributed by atoms with van der Waals surface area (Å²) in [6.45, 7) is 0.0999. The fourth-order valence-corrected chi connectivity index (χ4v) is 5.91. The highest BCUT2D eigenvalue weighted by Crippen LogP contribution is 2.43. The molecule has 2 aliphatic heterocycles. The smallest absolute Gasteiger partial charge is 0.272 e. The first-order chi connectivity index (χ1) is 19.7. The Morgan fingerprint density at radius 3 is 2.48 bits per heavy atom. The third-order valence-electron chi connectivity index (χ3n) is 8.17. The van der Waals surface area contributed by atoms with Gasteiger partial charge in [0.2, 0.25) is 11.8 Å². The van der Waals surface area contributed by atoms with E-state index in [1.54, 1.807) is 6.07 Å². The molecule has 3 N–H and O–H groups in total. The van der Waals surface area contributed by atoms with Crippen molar-refractivity contribution < 1.29 is 35.9 Å². The molecule has 0 bridgehead atoms. The van der Waals surface area contributed by atoms with Crippen LogP contribution in [0.2, 0.25) is 0 Å². The first-order valence-corrected chi connectivity index (χ1v) is 13.3. The van der Waals surface area contributed by atoms with Crippen molar-refractivity contribution in [1.82, 2.24) is 29.7 Å². The minimum absolute atomic E-state index is 0.00711. The molecule has 0 spiro atoms. The lowest BCUT2D eigenvalue weighted by Crippen LogP contribution is -2.55. The Morgan fingerprint density at radius 2 is 1.81 bits per heavy atom. The minimum atomic E-state index is -2.90. The zero-order valence-corrected chi connectivity index (χ0v) is 22.4. The maximum Gasteiger partial charge on any atom is 0.272 e. The Balaban J connectivity index is 1.24. The van der Waals surface area contributed by atoms with Crippen molar-refractivity contribution in [1.29, 1.82) is 0 Å². The summed E-state index contributed by atoms with van der Waals surface area (Å²) in [5, 5.41) is 6.72. The topological polar surface area (TPSA) is 109 Å². The fraction of sp³-hybridized carbons (Fsp3) is 0.481. The van der Waals surface area contributed by atoms with Crippen LogP contribution in [0.15, 0.2) is 24.5 Å². The summed E-state index contributed by atoms with van der Waals surface area (Å²) < 4.78 is 84.6. The third-order valence-corrected chi connectivity index (χ3v) is 8.17. The van der Waals surface area contributed by atoms with Crippen LogP contribution in [0.3, 0.4) is 0 Å². The van der Waals surface area contributed by atoms with Crippen molar-refractivity contribution in [3.05, 3.63) is 47.0 Å². The number of carbonyl (C=O) groups is 2. The predicted molar refractivity (Wildman–Crippen MR) is 138 cm³/mol. The van der Waals surface area contributed by atoms with Gasteiger partial charge in [-0.3, -0.25) is 14.5 Å². The molecule has 1 aliphatic carbocycles. The van der Waals surface area contributed by atoms with E-state index in [0.29, 0.717) is 16.8 Å². The lowest BCUT2D eigenvalue weighted by atomic mass is 9.80. The first-order valence-electron chi connectivity index (χ1n) is 13.3. The van der Waals surface area contributed by atoms with E-state index in [9.17, 15) is 31.5 Å². The Bertz CT molecular complexity index is 1580. The van der Waals surface area contributed by atoms with E-state index in [-0.39, 0.29) is 42.1 Å². The van der Waals surface area contributed by atoms with Crippen molar-refractivity contribution in [2.75, 3.05) is 31.9 Å². The van der Waals surface area contributed by atoms with E-state index >= 15 is 4.39 Å². The molecule has 0 unspecified atom stereocenters. The molecule has 6 rings (SSSR count). The Morgan fingerprint density at radius 1 is 1.10 bits per heavy atom. The van der Waals surface area contributed by atoms with Gasteiger partial charge in [0.05, 0.1) is 31.4 Å². The Labute approximate surface area is 235 Å². The summed E-state index contributed by atoms with van der Waals surface area (Å²) in [6.07, 6.45) is -1.62. The second kappa shape index (κ2) is 9.85. The lowest BCUT2D eigenvalue weighted by molar-refractivity contribution is -0.159. The molecule has 42 heavy (non-hydrogen) atoms. The van der Waals surface area contributed by atoms with Crippen LogP contribution in [0.5, 0.6) is 0 Å². The summed E-state index contributed by atoms with van der Waals surface area (Å²) in [5.74, 6) is -8.58. The average Bonchev–Trinajstić information content (AvgIpc) is 3.43. The first kappa shape index (κ1) is 28.2. The van der Waals surface area contributed by atoms with Crippen LogP contribution in [-0.4, -0.2) is 86.4 Å². The molecule has 0 radical (unpaired) electrons. The van der Waals surface area contributed by atoms with E-state index in [1.165, 1.54) is 34.8 Å². The van der Waals surface area contributed by atoms with Gasteiger partial charge in [-0.2, -0.15) is 5.10 Å². The van der Waals surface area contributed by atoms with Gasteiger partial charge in [0.1, 0.15) is 23.8 Å². The van der Waals surface area contributed by atoms with Crippen LogP contribution >= 0.6 is 0 Å². The van der Waals surface area contributed by atoms with Gasteiger partial charge >= 0.3 is 0 Å². The molecule has 2 atom stereocenters. The number of hydrogen-bond donors (Lipinski definition) is 2. The second-order valence-corrected chi connectivity index (χ2v) is 11.4. The Hall–Kier alpha value is -3.88. The molecule has 4 heterocycles. The number of nitrogens with zero attached hydrogens (tertiary/aromatic N) is 5. The van der Waals surface area contributed by atoms with Gasteiger partial charge in [0.25, 0.3) is 11.8 Å². The van der Waals surface area contributed by atoms with E-state index in [2.05, 4.69) is 15.4 Å².